The first-order valence-corrected chi connectivity index (χ1v) is 5.76. The summed E-state index contributed by atoms with van der Waals surface area (Å²) in [7, 11) is 0. The first-order valence-electron chi connectivity index (χ1n) is 5.76. The molecule has 0 heterocycles. The lowest BCUT2D eigenvalue weighted by atomic mass is 9.85. The van der Waals surface area contributed by atoms with Gasteiger partial charge in [-0.1, -0.05) is 6.42 Å². The molecule has 4 heteroatoms. The average Bonchev–Trinajstić information content (AvgIpc) is 2.09. The van der Waals surface area contributed by atoms with E-state index in [1.165, 1.54) is 19.3 Å². The van der Waals surface area contributed by atoms with Crippen LogP contribution in [0.25, 0.3) is 0 Å². The van der Waals surface area contributed by atoms with Gasteiger partial charge in [-0.15, -0.1) is 0 Å². The highest BCUT2D eigenvalue weighted by molar-refractivity contribution is 5.69. The molecule has 1 fully saturated rings. The number of hydrogen-bond acceptors (Lipinski definition) is 4. The lowest BCUT2D eigenvalue weighted by molar-refractivity contribution is -0.145. The van der Waals surface area contributed by atoms with E-state index < -0.39 is 6.10 Å². The van der Waals surface area contributed by atoms with E-state index in [1.807, 2.05) is 0 Å². The van der Waals surface area contributed by atoms with Crippen LogP contribution in [0.3, 0.4) is 0 Å². The van der Waals surface area contributed by atoms with Gasteiger partial charge in [0.05, 0.1) is 19.1 Å². The Kier molecular flexibility index (Phi) is 5.65. The van der Waals surface area contributed by atoms with Crippen LogP contribution in [0.1, 0.15) is 32.6 Å². The van der Waals surface area contributed by atoms with Crippen LogP contribution in [0, 0.1) is 5.92 Å². The van der Waals surface area contributed by atoms with Gasteiger partial charge in [0.25, 0.3) is 0 Å². The van der Waals surface area contributed by atoms with E-state index in [4.69, 9.17) is 4.74 Å². The number of ether oxygens (including phenoxy) is 1. The minimum absolute atomic E-state index is 0.0888. The maximum absolute atomic E-state index is 11.0. The maximum Gasteiger partial charge on any atom is 0.308 e. The molecule has 88 valence electrons. The van der Waals surface area contributed by atoms with Crippen molar-refractivity contribution in [1.82, 2.24) is 5.32 Å². The Hall–Kier alpha value is -0.610. The normalized spacial score (nSPS) is 18.3. The van der Waals surface area contributed by atoms with E-state index in [-0.39, 0.29) is 12.4 Å². The SMILES string of the molecule is CCOC(=O)CC(O)CNCC1CCC1. The van der Waals surface area contributed by atoms with E-state index in [9.17, 15) is 9.90 Å². The predicted octanol–water partition coefficient (Wildman–Crippen LogP) is 0.690. The number of rotatable bonds is 7. The molecule has 0 saturated heterocycles. The molecule has 0 aromatic carbocycles. The number of carbonyl (C=O) groups is 1. The van der Waals surface area contributed by atoms with Crippen LogP contribution in [-0.4, -0.2) is 36.9 Å². The summed E-state index contributed by atoms with van der Waals surface area (Å²) in [4.78, 5) is 11.0. The fraction of sp³-hybridized carbons (Fsp3) is 0.909. The van der Waals surface area contributed by atoms with Gasteiger partial charge in [0, 0.05) is 6.54 Å². The van der Waals surface area contributed by atoms with Crippen LogP contribution in [0.15, 0.2) is 0 Å². The topological polar surface area (TPSA) is 58.6 Å². The van der Waals surface area contributed by atoms with Crippen molar-refractivity contribution in [2.24, 2.45) is 5.92 Å². The molecule has 1 unspecified atom stereocenters. The molecule has 1 rings (SSSR count). The molecule has 1 aliphatic carbocycles. The summed E-state index contributed by atoms with van der Waals surface area (Å²) in [5, 5.41) is 12.7. The number of carbonyl (C=O) groups excluding carboxylic acids is 1. The smallest absolute Gasteiger partial charge is 0.308 e. The summed E-state index contributed by atoms with van der Waals surface area (Å²) >= 11 is 0. The molecule has 0 aromatic rings. The largest absolute Gasteiger partial charge is 0.466 e. The van der Waals surface area contributed by atoms with Crippen molar-refractivity contribution >= 4 is 5.97 Å². The van der Waals surface area contributed by atoms with Gasteiger partial charge in [-0.25, -0.2) is 0 Å². The van der Waals surface area contributed by atoms with Gasteiger partial charge in [0.15, 0.2) is 0 Å². The Morgan fingerprint density at radius 1 is 1.60 bits per heavy atom. The third-order valence-electron chi connectivity index (χ3n) is 2.75. The summed E-state index contributed by atoms with van der Waals surface area (Å²) in [6.07, 6.45) is 3.38. The molecule has 0 bridgehead atoms. The Labute approximate surface area is 91.0 Å². The second-order valence-corrected chi connectivity index (χ2v) is 4.12. The fourth-order valence-electron chi connectivity index (χ4n) is 1.64. The van der Waals surface area contributed by atoms with Crippen LogP contribution in [0.5, 0.6) is 0 Å². The average molecular weight is 215 g/mol. The van der Waals surface area contributed by atoms with Crippen molar-refractivity contribution in [3.8, 4) is 0 Å². The molecule has 0 radical (unpaired) electrons. The van der Waals surface area contributed by atoms with E-state index in [0.717, 1.165) is 12.5 Å². The number of hydrogen-bond donors (Lipinski definition) is 2. The third-order valence-corrected chi connectivity index (χ3v) is 2.75. The Morgan fingerprint density at radius 2 is 2.33 bits per heavy atom. The molecule has 1 saturated carbocycles. The Morgan fingerprint density at radius 3 is 2.87 bits per heavy atom. The van der Waals surface area contributed by atoms with Gasteiger partial charge in [0.2, 0.25) is 0 Å². The van der Waals surface area contributed by atoms with Gasteiger partial charge < -0.3 is 15.2 Å². The molecule has 0 aliphatic heterocycles. The van der Waals surface area contributed by atoms with Gasteiger partial charge >= 0.3 is 5.97 Å². The van der Waals surface area contributed by atoms with Gasteiger partial charge in [0.1, 0.15) is 0 Å². The van der Waals surface area contributed by atoms with Crippen molar-refractivity contribution in [3.05, 3.63) is 0 Å². The highest BCUT2D eigenvalue weighted by Gasteiger charge is 2.17. The quantitative estimate of drug-likeness (QED) is 0.613. The second kappa shape index (κ2) is 6.80. The van der Waals surface area contributed by atoms with Crippen LogP contribution >= 0.6 is 0 Å². The van der Waals surface area contributed by atoms with Crippen LogP contribution in [0.2, 0.25) is 0 Å². The van der Waals surface area contributed by atoms with E-state index >= 15 is 0 Å². The number of aliphatic hydroxyl groups excluding tert-OH is 1. The molecular formula is C11H21NO3. The molecule has 1 aliphatic rings. The monoisotopic (exact) mass is 215 g/mol. The van der Waals surface area contributed by atoms with Crippen molar-refractivity contribution in [2.75, 3.05) is 19.7 Å². The first kappa shape index (κ1) is 12.5. The second-order valence-electron chi connectivity index (χ2n) is 4.12. The predicted molar refractivity (Wildman–Crippen MR) is 57.5 cm³/mol. The highest BCUT2D eigenvalue weighted by atomic mass is 16.5. The zero-order valence-electron chi connectivity index (χ0n) is 9.37. The number of aliphatic hydroxyl groups is 1. The summed E-state index contributed by atoms with van der Waals surface area (Å²) in [5.41, 5.74) is 0. The van der Waals surface area contributed by atoms with E-state index in [2.05, 4.69) is 5.32 Å². The summed E-state index contributed by atoms with van der Waals surface area (Å²) in [6.45, 7) is 3.58. The lowest BCUT2D eigenvalue weighted by Crippen LogP contribution is -2.34. The van der Waals surface area contributed by atoms with Crippen molar-refractivity contribution in [1.29, 1.82) is 0 Å². The molecule has 0 spiro atoms. The minimum atomic E-state index is -0.621. The molecule has 1 atom stereocenters. The number of nitrogens with one attached hydrogen (secondary N) is 1. The zero-order valence-corrected chi connectivity index (χ0v) is 9.37. The summed E-state index contributed by atoms with van der Waals surface area (Å²) in [6, 6.07) is 0. The summed E-state index contributed by atoms with van der Waals surface area (Å²) < 4.78 is 4.75. The summed E-state index contributed by atoms with van der Waals surface area (Å²) in [5.74, 6) is 0.454. The molecule has 4 nitrogen and oxygen atoms in total. The zero-order chi connectivity index (χ0) is 11.1. The van der Waals surface area contributed by atoms with Crippen LogP contribution in [0.4, 0.5) is 0 Å². The van der Waals surface area contributed by atoms with E-state index in [1.54, 1.807) is 6.92 Å². The van der Waals surface area contributed by atoms with Crippen LogP contribution < -0.4 is 5.32 Å². The van der Waals surface area contributed by atoms with Gasteiger partial charge in [-0.3, -0.25) is 4.79 Å². The number of esters is 1. The Balaban J connectivity index is 1.96. The highest BCUT2D eigenvalue weighted by Crippen LogP contribution is 2.24. The molecule has 15 heavy (non-hydrogen) atoms. The van der Waals surface area contributed by atoms with Crippen LogP contribution in [-0.2, 0) is 9.53 Å². The van der Waals surface area contributed by atoms with Crippen molar-refractivity contribution in [3.63, 3.8) is 0 Å². The van der Waals surface area contributed by atoms with Crippen molar-refractivity contribution in [2.45, 2.75) is 38.7 Å². The Bertz CT molecular complexity index is 192. The molecule has 2 N–H and O–H groups in total. The standard InChI is InChI=1S/C11H21NO3/c1-2-15-11(14)6-10(13)8-12-7-9-4-3-5-9/h9-10,12-13H,2-8H2,1H3. The first-order chi connectivity index (χ1) is 7.22. The maximum atomic E-state index is 11.0. The molecular weight excluding hydrogens is 194 g/mol. The lowest BCUT2D eigenvalue weighted by Gasteiger charge is -2.25. The third kappa shape index (κ3) is 5.14. The minimum Gasteiger partial charge on any atom is -0.466 e. The van der Waals surface area contributed by atoms with Crippen molar-refractivity contribution < 1.29 is 14.6 Å². The molecule has 0 amide bonds. The van der Waals surface area contributed by atoms with E-state index in [0.29, 0.717) is 13.2 Å². The van der Waals surface area contributed by atoms with Gasteiger partial charge in [-0.05, 0) is 32.2 Å². The molecule has 0 aromatic heterocycles. The fourth-order valence-corrected chi connectivity index (χ4v) is 1.64. The van der Waals surface area contributed by atoms with Gasteiger partial charge in [-0.2, -0.15) is 0 Å².